The van der Waals surface area contributed by atoms with Crippen LogP contribution in [0.1, 0.15) is 13.3 Å². The standard InChI is InChI=1S/C18H19ClN2O5S2/c1-10-6-18(22)20-14-7-11(4-5-17(14)27-10)28(23,24)21-13-8-12(19)15(25-2)9-16(13)26-3/h4-5,7-10,21H,6H2,1-3H3,(H,20,22). The SMILES string of the molecule is COc1cc(OC)c(NS(=O)(=O)c2ccc3c(c2)NC(=O)CC(C)S3)cc1Cl. The van der Waals surface area contributed by atoms with Gasteiger partial charge in [0.15, 0.2) is 0 Å². The number of benzene rings is 2. The van der Waals surface area contributed by atoms with Gasteiger partial charge < -0.3 is 14.8 Å². The summed E-state index contributed by atoms with van der Waals surface area (Å²) < 4.78 is 38.6. The summed E-state index contributed by atoms with van der Waals surface area (Å²) in [5.74, 6) is 0.475. The molecule has 3 rings (SSSR count). The largest absolute Gasteiger partial charge is 0.495 e. The third kappa shape index (κ3) is 4.31. The average Bonchev–Trinajstić information content (AvgIpc) is 2.77. The average molecular weight is 443 g/mol. The van der Waals surface area contributed by atoms with E-state index < -0.39 is 10.0 Å². The molecule has 10 heteroatoms. The summed E-state index contributed by atoms with van der Waals surface area (Å²) in [7, 11) is -1.08. The fraction of sp³-hybridized carbons (Fsp3) is 0.278. The van der Waals surface area contributed by atoms with E-state index in [4.69, 9.17) is 21.1 Å². The molecule has 0 fully saturated rings. The Kier molecular flexibility index (Phi) is 5.97. The molecule has 2 N–H and O–H groups in total. The zero-order valence-electron chi connectivity index (χ0n) is 15.4. The van der Waals surface area contributed by atoms with Crippen LogP contribution in [-0.2, 0) is 14.8 Å². The Morgan fingerprint density at radius 1 is 1.18 bits per heavy atom. The molecule has 1 unspecified atom stereocenters. The minimum Gasteiger partial charge on any atom is -0.495 e. The fourth-order valence-electron chi connectivity index (χ4n) is 2.74. The first-order valence-corrected chi connectivity index (χ1v) is 11.0. The van der Waals surface area contributed by atoms with E-state index in [1.165, 1.54) is 50.2 Å². The molecule has 2 aromatic carbocycles. The minimum atomic E-state index is -3.95. The first-order valence-electron chi connectivity index (χ1n) is 8.28. The van der Waals surface area contributed by atoms with Crippen LogP contribution < -0.4 is 19.5 Å². The molecule has 1 heterocycles. The Labute approximate surface area is 172 Å². The van der Waals surface area contributed by atoms with Crippen LogP contribution in [0.15, 0.2) is 40.1 Å². The molecule has 150 valence electrons. The minimum absolute atomic E-state index is 0.00990. The van der Waals surface area contributed by atoms with Crippen molar-refractivity contribution in [1.29, 1.82) is 0 Å². The molecule has 0 spiro atoms. The Bertz CT molecular complexity index is 1030. The molecule has 1 aliphatic heterocycles. The third-order valence-electron chi connectivity index (χ3n) is 4.05. The second-order valence-corrected chi connectivity index (χ2v) is 9.70. The van der Waals surface area contributed by atoms with Crippen LogP contribution in [0.25, 0.3) is 0 Å². The number of thioether (sulfide) groups is 1. The van der Waals surface area contributed by atoms with Gasteiger partial charge in [-0.05, 0) is 24.3 Å². The lowest BCUT2D eigenvalue weighted by molar-refractivity contribution is -0.116. The van der Waals surface area contributed by atoms with Crippen molar-refractivity contribution in [3.63, 3.8) is 0 Å². The number of anilines is 2. The zero-order valence-corrected chi connectivity index (χ0v) is 17.8. The summed E-state index contributed by atoms with van der Waals surface area (Å²) in [6, 6.07) is 7.54. The fourth-order valence-corrected chi connectivity index (χ4v) is 5.12. The lowest BCUT2D eigenvalue weighted by atomic mass is 10.3. The van der Waals surface area contributed by atoms with Crippen LogP contribution in [0.4, 0.5) is 11.4 Å². The first-order chi connectivity index (χ1) is 13.2. The summed E-state index contributed by atoms with van der Waals surface area (Å²) >= 11 is 7.63. The van der Waals surface area contributed by atoms with Crippen molar-refractivity contribution < 1.29 is 22.7 Å². The maximum Gasteiger partial charge on any atom is 0.262 e. The molecule has 0 saturated heterocycles. The van der Waals surface area contributed by atoms with Crippen molar-refractivity contribution in [3.8, 4) is 11.5 Å². The molecule has 0 radical (unpaired) electrons. The highest BCUT2D eigenvalue weighted by Gasteiger charge is 2.23. The number of ether oxygens (including phenoxy) is 2. The zero-order chi connectivity index (χ0) is 20.5. The molecule has 1 amide bonds. The summed E-state index contributed by atoms with van der Waals surface area (Å²) in [5, 5.41) is 3.10. The van der Waals surface area contributed by atoms with Gasteiger partial charge in [0.25, 0.3) is 10.0 Å². The number of methoxy groups -OCH3 is 2. The van der Waals surface area contributed by atoms with Crippen molar-refractivity contribution in [1.82, 2.24) is 0 Å². The second-order valence-electron chi connectivity index (χ2n) is 6.13. The molecule has 0 aliphatic carbocycles. The number of nitrogens with one attached hydrogen (secondary N) is 2. The topological polar surface area (TPSA) is 93.7 Å². The van der Waals surface area contributed by atoms with E-state index >= 15 is 0 Å². The highest BCUT2D eigenvalue weighted by atomic mass is 35.5. The molecule has 0 aromatic heterocycles. The number of rotatable bonds is 5. The Balaban J connectivity index is 1.96. The van der Waals surface area contributed by atoms with E-state index in [0.717, 1.165) is 4.90 Å². The number of halogens is 1. The monoisotopic (exact) mass is 442 g/mol. The highest BCUT2D eigenvalue weighted by molar-refractivity contribution is 8.00. The molecule has 0 saturated carbocycles. The van der Waals surface area contributed by atoms with Gasteiger partial charge in [0, 0.05) is 22.6 Å². The van der Waals surface area contributed by atoms with Gasteiger partial charge in [-0.25, -0.2) is 8.42 Å². The van der Waals surface area contributed by atoms with Crippen molar-refractivity contribution in [2.75, 3.05) is 24.3 Å². The van der Waals surface area contributed by atoms with Crippen LogP contribution >= 0.6 is 23.4 Å². The van der Waals surface area contributed by atoms with Gasteiger partial charge in [-0.2, -0.15) is 0 Å². The van der Waals surface area contributed by atoms with Gasteiger partial charge >= 0.3 is 0 Å². The van der Waals surface area contributed by atoms with Gasteiger partial charge in [0.1, 0.15) is 11.5 Å². The molecule has 7 nitrogen and oxygen atoms in total. The van der Waals surface area contributed by atoms with Crippen LogP contribution in [0.2, 0.25) is 5.02 Å². The van der Waals surface area contributed by atoms with Crippen molar-refractivity contribution in [2.45, 2.75) is 28.4 Å². The molecule has 28 heavy (non-hydrogen) atoms. The quantitative estimate of drug-likeness (QED) is 0.727. The highest BCUT2D eigenvalue weighted by Crippen LogP contribution is 2.39. The second kappa shape index (κ2) is 8.10. The molecule has 0 bridgehead atoms. The van der Waals surface area contributed by atoms with E-state index in [1.807, 2.05) is 6.92 Å². The van der Waals surface area contributed by atoms with Gasteiger partial charge in [0.05, 0.1) is 35.5 Å². The number of amides is 1. The lowest BCUT2D eigenvalue weighted by Gasteiger charge is -2.15. The number of carbonyl (C=O) groups is 1. The van der Waals surface area contributed by atoms with Crippen LogP contribution in [0.3, 0.4) is 0 Å². The molecule has 1 aliphatic rings. The predicted octanol–water partition coefficient (Wildman–Crippen LogP) is 3.98. The van der Waals surface area contributed by atoms with Crippen LogP contribution in [0, 0.1) is 0 Å². The van der Waals surface area contributed by atoms with Gasteiger partial charge in [-0.15, -0.1) is 11.8 Å². The summed E-state index contributed by atoms with van der Waals surface area (Å²) in [4.78, 5) is 12.8. The van der Waals surface area contributed by atoms with Crippen molar-refractivity contribution in [3.05, 3.63) is 35.4 Å². The van der Waals surface area contributed by atoms with Gasteiger partial charge in [-0.1, -0.05) is 18.5 Å². The third-order valence-corrected chi connectivity index (χ3v) is 6.89. The first kappa shape index (κ1) is 20.6. The summed E-state index contributed by atoms with van der Waals surface area (Å²) in [5.41, 5.74) is 0.650. The molecular formula is C18H19ClN2O5S2. The molecule has 2 aromatic rings. The Morgan fingerprint density at radius 3 is 2.57 bits per heavy atom. The van der Waals surface area contributed by atoms with E-state index in [9.17, 15) is 13.2 Å². The van der Waals surface area contributed by atoms with E-state index in [2.05, 4.69) is 10.0 Å². The Hall–Kier alpha value is -2.10. The maximum atomic E-state index is 12.9. The predicted molar refractivity (Wildman–Crippen MR) is 110 cm³/mol. The molecular weight excluding hydrogens is 424 g/mol. The maximum absolute atomic E-state index is 12.9. The normalized spacial score (nSPS) is 16.6. The number of fused-ring (bicyclic) bond motifs is 1. The molecule has 1 atom stereocenters. The van der Waals surface area contributed by atoms with Crippen molar-refractivity contribution >= 4 is 50.7 Å². The number of sulfonamides is 1. The van der Waals surface area contributed by atoms with Crippen molar-refractivity contribution in [2.24, 2.45) is 0 Å². The summed E-state index contributed by atoms with van der Waals surface area (Å²) in [6.07, 6.45) is 0.362. The van der Waals surface area contributed by atoms with Gasteiger partial charge in [-0.3, -0.25) is 9.52 Å². The number of hydrogen-bond acceptors (Lipinski definition) is 6. The van der Waals surface area contributed by atoms with Crippen LogP contribution in [-0.4, -0.2) is 33.8 Å². The number of hydrogen-bond donors (Lipinski definition) is 2. The van der Waals surface area contributed by atoms with E-state index in [0.29, 0.717) is 17.9 Å². The lowest BCUT2D eigenvalue weighted by Crippen LogP contribution is -2.15. The van der Waals surface area contributed by atoms with Gasteiger partial charge in [0.2, 0.25) is 5.91 Å². The van der Waals surface area contributed by atoms with E-state index in [-0.39, 0.29) is 32.5 Å². The number of carbonyl (C=O) groups excluding carboxylic acids is 1. The smallest absolute Gasteiger partial charge is 0.262 e. The van der Waals surface area contributed by atoms with Crippen LogP contribution in [0.5, 0.6) is 11.5 Å². The Morgan fingerprint density at radius 2 is 1.89 bits per heavy atom. The van der Waals surface area contributed by atoms with E-state index in [1.54, 1.807) is 6.07 Å². The summed E-state index contributed by atoms with van der Waals surface area (Å²) in [6.45, 7) is 1.95.